The summed E-state index contributed by atoms with van der Waals surface area (Å²) >= 11 is 0. The van der Waals surface area contributed by atoms with Crippen molar-refractivity contribution in [3.8, 4) is 5.69 Å². The lowest BCUT2D eigenvalue weighted by atomic mass is 10.1. The number of nitrogens with one attached hydrogen (secondary N) is 1. The SMILES string of the molecule is O=C(O)NC(c1nc2ccc(F)cc2c(=O)n1-c1cccc(F)c1)C1CC1. The van der Waals surface area contributed by atoms with Crippen LogP contribution in [0, 0.1) is 17.6 Å². The minimum Gasteiger partial charge on any atom is -0.465 e. The summed E-state index contributed by atoms with van der Waals surface area (Å²) in [6.07, 6.45) is 0.322. The molecule has 0 saturated heterocycles. The van der Waals surface area contributed by atoms with Crippen LogP contribution in [0.3, 0.4) is 0 Å². The Kier molecular flexibility index (Phi) is 4.10. The van der Waals surface area contributed by atoms with Gasteiger partial charge in [0.05, 0.1) is 22.6 Å². The molecule has 4 rings (SSSR count). The number of carbonyl (C=O) groups is 1. The number of carboxylic acid groups (broad SMARTS) is 1. The predicted octanol–water partition coefficient (Wildman–Crippen LogP) is 3.38. The van der Waals surface area contributed by atoms with Gasteiger partial charge in [-0.3, -0.25) is 9.36 Å². The molecule has 1 atom stereocenters. The van der Waals surface area contributed by atoms with Gasteiger partial charge in [0.2, 0.25) is 0 Å². The number of hydrogen-bond donors (Lipinski definition) is 2. The largest absolute Gasteiger partial charge is 0.465 e. The van der Waals surface area contributed by atoms with Crippen molar-refractivity contribution in [3.05, 3.63) is 70.3 Å². The third-order valence-electron chi connectivity index (χ3n) is 4.57. The van der Waals surface area contributed by atoms with Crippen LogP contribution in [-0.4, -0.2) is 20.8 Å². The summed E-state index contributed by atoms with van der Waals surface area (Å²) in [7, 11) is 0. The van der Waals surface area contributed by atoms with Gasteiger partial charge in [-0.25, -0.2) is 18.6 Å². The van der Waals surface area contributed by atoms with E-state index in [2.05, 4.69) is 10.3 Å². The van der Waals surface area contributed by atoms with Crippen molar-refractivity contribution in [1.29, 1.82) is 0 Å². The highest BCUT2D eigenvalue weighted by atomic mass is 19.1. The van der Waals surface area contributed by atoms with E-state index in [9.17, 15) is 23.5 Å². The van der Waals surface area contributed by atoms with Crippen LogP contribution in [-0.2, 0) is 0 Å². The number of amides is 1. The lowest BCUT2D eigenvalue weighted by molar-refractivity contribution is 0.187. The molecule has 2 N–H and O–H groups in total. The van der Waals surface area contributed by atoms with Crippen LogP contribution in [0.1, 0.15) is 24.7 Å². The summed E-state index contributed by atoms with van der Waals surface area (Å²) in [5.41, 5.74) is -0.133. The van der Waals surface area contributed by atoms with E-state index >= 15 is 0 Å². The zero-order valence-electron chi connectivity index (χ0n) is 14.0. The average Bonchev–Trinajstić information content (AvgIpc) is 3.45. The van der Waals surface area contributed by atoms with E-state index in [0.29, 0.717) is 0 Å². The molecule has 1 aromatic heterocycles. The van der Waals surface area contributed by atoms with Gasteiger partial charge in [-0.15, -0.1) is 0 Å². The maximum atomic E-state index is 13.8. The third-order valence-corrected chi connectivity index (χ3v) is 4.57. The zero-order valence-corrected chi connectivity index (χ0v) is 14.0. The maximum absolute atomic E-state index is 13.8. The molecule has 1 heterocycles. The molecular formula is C19H15F2N3O3. The fourth-order valence-electron chi connectivity index (χ4n) is 3.20. The van der Waals surface area contributed by atoms with Crippen LogP contribution >= 0.6 is 0 Å². The second-order valence-electron chi connectivity index (χ2n) is 6.52. The number of fused-ring (bicyclic) bond motifs is 1. The number of rotatable bonds is 4. The fourth-order valence-corrected chi connectivity index (χ4v) is 3.20. The van der Waals surface area contributed by atoms with Gasteiger partial charge in [-0.1, -0.05) is 6.07 Å². The summed E-state index contributed by atoms with van der Waals surface area (Å²) in [6.45, 7) is 0. The number of halogens is 2. The Morgan fingerprint density at radius 2 is 1.93 bits per heavy atom. The average molecular weight is 371 g/mol. The van der Waals surface area contributed by atoms with Crippen molar-refractivity contribution in [2.24, 2.45) is 5.92 Å². The van der Waals surface area contributed by atoms with Gasteiger partial charge in [0.15, 0.2) is 0 Å². The topological polar surface area (TPSA) is 84.2 Å². The summed E-state index contributed by atoms with van der Waals surface area (Å²) < 4.78 is 28.6. The van der Waals surface area contributed by atoms with Crippen molar-refractivity contribution in [1.82, 2.24) is 14.9 Å². The number of benzene rings is 2. The van der Waals surface area contributed by atoms with Crippen molar-refractivity contribution < 1.29 is 18.7 Å². The Bertz CT molecular complexity index is 1110. The standard InChI is InChI=1S/C19H15F2N3O3/c20-11-2-1-3-13(8-11)24-17(16(10-4-5-10)23-19(26)27)22-15-7-6-12(21)9-14(15)18(24)25/h1-3,6-10,16,23H,4-5H2,(H,26,27). The summed E-state index contributed by atoms with van der Waals surface area (Å²) in [5, 5.41) is 11.7. The molecule has 1 aliphatic carbocycles. The second kappa shape index (κ2) is 6.46. The first-order chi connectivity index (χ1) is 12.9. The molecule has 1 fully saturated rings. The molecule has 0 radical (unpaired) electrons. The van der Waals surface area contributed by atoms with Gasteiger partial charge in [0.25, 0.3) is 5.56 Å². The molecule has 1 amide bonds. The van der Waals surface area contributed by atoms with E-state index in [1.165, 1.54) is 30.3 Å². The van der Waals surface area contributed by atoms with E-state index in [1.807, 2.05) is 0 Å². The molecule has 0 bridgehead atoms. The van der Waals surface area contributed by atoms with E-state index in [4.69, 9.17) is 0 Å². The molecule has 8 heteroatoms. The first-order valence-electron chi connectivity index (χ1n) is 8.41. The van der Waals surface area contributed by atoms with Crippen molar-refractivity contribution in [2.45, 2.75) is 18.9 Å². The van der Waals surface area contributed by atoms with Crippen LogP contribution in [0.25, 0.3) is 16.6 Å². The van der Waals surface area contributed by atoms with Gasteiger partial charge in [0.1, 0.15) is 17.5 Å². The van der Waals surface area contributed by atoms with Gasteiger partial charge in [0, 0.05) is 0 Å². The summed E-state index contributed by atoms with van der Waals surface area (Å²) in [5.74, 6) is -0.999. The minimum absolute atomic E-state index is 0.00860. The molecule has 3 aromatic rings. The normalized spacial score (nSPS) is 14.9. The van der Waals surface area contributed by atoms with E-state index in [-0.39, 0.29) is 28.3 Å². The number of nitrogens with zero attached hydrogens (tertiary/aromatic N) is 2. The zero-order chi connectivity index (χ0) is 19.1. The quantitative estimate of drug-likeness (QED) is 0.736. The summed E-state index contributed by atoms with van der Waals surface area (Å²) in [4.78, 5) is 28.8. The Morgan fingerprint density at radius 1 is 1.19 bits per heavy atom. The lowest BCUT2D eigenvalue weighted by Gasteiger charge is -2.21. The molecule has 1 aliphatic rings. The molecular weight excluding hydrogens is 356 g/mol. The molecule has 0 spiro atoms. The summed E-state index contributed by atoms with van der Waals surface area (Å²) in [6, 6.07) is 8.24. The highest BCUT2D eigenvalue weighted by molar-refractivity contribution is 5.78. The molecule has 2 aromatic carbocycles. The fraction of sp³-hybridized carbons (Fsp3) is 0.211. The smallest absolute Gasteiger partial charge is 0.405 e. The Balaban J connectivity index is 2.03. The van der Waals surface area contributed by atoms with Crippen LogP contribution in [0.2, 0.25) is 0 Å². The molecule has 27 heavy (non-hydrogen) atoms. The Morgan fingerprint density at radius 3 is 2.59 bits per heavy atom. The van der Waals surface area contributed by atoms with Crippen LogP contribution in [0.4, 0.5) is 13.6 Å². The molecule has 6 nitrogen and oxygen atoms in total. The highest BCUT2D eigenvalue weighted by Crippen LogP contribution is 2.40. The second-order valence-corrected chi connectivity index (χ2v) is 6.52. The Labute approximate surface area is 152 Å². The molecule has 1 unspecified atom stereocenters. The van der Waals surface area contributed by atoms with Crippen molar-refractivity contribution in [2.75, 3.05) is 0 Å². The molecule has 0 aliphatic heterocycles. The number of hydrogen-bond acceptors (Lipinski definition) is 3. The minimum atomic E-state index is -1.24. The van der Waals surface area contributed by atoms with Crippen LogP contribution in [0.5, 0.6) is 0 Å². The van der Waals surface area contributed by atoms with Gasteiger partial charge in [-0.2, -0.15) is 0 Å². The molecule has 138 valence electrons. The van der Waals surface area contributed by atoms with Crippen molar-refractivity contribution >= 4 is 17.0 Å². The lowest BCUT2D eigenvalue weighted by Crippen LogP contribution is -2.35. The van der Waals surface area contributed by atoms with Crippen LogP contribution < -0.4 is 10.9 Å². The van der Waals surface area contributed by atoms with Crippen LogP contribution in [0.15, 0.2) is 47.3 Å². The highest BCUT2D eigenvalue weighted by Gasteiger charge is 2.37. The van der Waals surface area contributed by atoms with E-state index in [0.717, 1.165) is 29.5 Å². The van der Waals surface area contributed by atoms with Gasteiger partial charge >= 0.3 is 6.09 Å². The van der Waals surface area contributed by atoms with E-state index < -0.39 is 29.3 Å². The van der Waals surface area contributed by atoms with E-state index in [1.54, 1.807) is 0 Å². The van der Waals surface area contributed by atoms with Gasteiger partial charge < -0.3 is 10.4 Å². The maximum Gasteiger partial charge on any atom is 0.405 e. The first kappa shape index (κ1) is 17.1. The van der Waals surface area contributed by atoms with Crippen molar-refractivity contribution in [3.63, 3.8) is 0 Å². The number of aromatic nitrogens is 2. The predicted molar refractivity (Wildman–Crippen MR) is 93.9 cm³/mol. The third kappa shape index (κ3) is 3.25. The monoisotopic (exact) mass is 371 g/mol. The molecule has 1 saturated carbocycles. The van der Waals surface area contributed by atoms with Gasteiger partial charge in [-0.05, 0) is 55.2 Å². The first-order valence-corrected chi connectivity index (χ1v) is 8.41. The Hall–Kier alpha value is -3.29.